The fourth-order valence-electron chi connectivity index (χ4n) is 2.05. The van der Waals surface area contributed by atoms with Gasteiger partial charge in [-0.15, -0.1) is 10.2 Å². The first kappa shape index (κ1) is 12.8. The van der Waals surface area contributed by atoms with Crippen LogP contribution in [-0.4, -0.2) is 35.6 Å². The molecule has 0 spiro atoms. The van der Waals surface area contributed by atoms with Gasteiger partial charge in [-0.1, -0.05) is 12.1 Å². The van der Waals surface area contributed by atoms with Gasteiger partial charge in [0.1, 0.15) is 18.0 Å². The second-order valence-corrected chi connectivity index (χ2v) is 6.09. The van der Waals surface area contributed by atoms with E-state index in [1.807, 2.05) is 11.6 Å². The minimum atomic E-state index is -3.46. The lowest BCUT2D eigenvalue weighted by molar-refractivity contribution is 0.595. The van der Waals surface area contributed by atoms with Gasteiger partial charge in [0.25, 0.3) is 10.0 Å². The van der Waals surface area contributed by atoms with Crippen LogP contribution in [0.4, 0.5) is 0 Å². The second-order valence-electron chi connectivity index (χ2n) is 4.44. The summed E-state index contributed by atoms with van der Waals surface area (Å²) < 4.78 is 28.1. The van der Waals surface area contributed by atoms with Gasteiger partial charge in [0, 0.05) is 25.6 Å². The number of rotatable bonds is 3. The van der Waals surface area contributed by atoms with Gasteiger partial charge in [0.15, 0.2) is 0 Å². The van der Waals surface area contributed by atoms with Crippen LogP contribution in [0.2, 0.25) is 0 Å². The normalized spacial score (nSPS) is 17.9. The SMILES string of the molecule is Cn1cnnc1CCN=C1NS(=O)(=O)c2ccccc21. The fourth-order valence-corrected chi connectivity index (χ4v) is 3.30. The fraction of sp³-hybridized carbons (Fsp3) is 0.250. The molecule has 0 saturated heterocycles. The number of aromatic nitrogens is 3. The summed E-state index contributed by atoms with van der Waals surface area (Å²) in [5.74, 6) is 1.20. The highest BCUT2D eigenvalue weighted by Crippen LogP contribution is 2.22. The number of fused-ring (bicyclic) bond motifs is 1. The zero-order valence-corrected chi connectivity index (χ0v) is 11.6. The van der Waals surface area contributed by atoms with Crippen LogP contribution in [0.15, 0.2) is 40.5 Å². The third kappa shape index (κ3) is 2.18. The molecule has 8 heteroatoms. The minimum Gasteiger partial charge on any atom is -0.321 e. The quantitative estimate of drug-likeness (QED) is 0.868. The van der Waals surface area contributed by atoms with E-state index < -0.39 is 10.0 Å². The molecule has 0 amide bonds. The maximum Gasteiger partial charge on any atom is 0.263 e. The maximum atomic E-state index is 11.9. The smallest absolute Gasteiger partial charge is 0.263 e. The molecule has 1 aliphatic heterocycles. The van der Waals surface area contributed by atoms with Gasteiger partial charge in [-0.25, -0.2) is 8.42 Å². The van der Waals surface area contributed by atoms with Gasteiger partial charge in [-0.2, -0.15) is 0 Å². The molecule has 0 atom stereocenters. The van der Waals surface area contributed by atoms with E-state index in [4.69, 9.17) is 0 Å². The Bertz CT molecular complexity index is 779. The summed E-state index contributed by atoms with van der Waals surface area (Å²) >= 11 is 0. The lowest BCUT2D eigenvalue weighted by Crippen LogP contribution is -2.22. The predicted molar refractivity (Wildman–Crippen MR) is 72.9 cm³/mol. The third-order valence-electron chi connectivity index (χ3n) is 3.07. The highest BCUT2D eigenvalue weighted by Gasteiger charge is 2.29. The molecule has 0 aliphatic carbocycles. The monoisotopic (exact) mass is 291 g/mol. The molecule has 3 rings (SSSR count). The van der Waals surface area contributed by atoms with Crippen molar-refractivity contribution >= 4 is 15.9 Å². The van der Waals surface area contributed by atoms with Crippen molar-refractivity contribution in [2.75, 3.05) is 6.54 Å². The van der Waals surface area contributed by atoms with Crippen molar-refractivity contribution in [3.8, 4) is 0 Å². The van der Waals surface area contributed by atoms with Crippen LogP contribution in [0, 0.1) is 0 Å². The lowest BCUT2D eigenvalue weighted by Gasteiger charge is -1.99. The number of nitrogens with one attached hydrogen (secondary N) is 1. The lowest BCUT2D eigenvalue weighted by atomic mass is 10.2. The van der Waals surface area contributed by atoms with Gasteiger partial charge >= 0.3 is 0 Å². The van der Waals surface area contributed by atoms with E-state index in [1.54, 1.807) is 30.6 Å². The zero-order chi connectivity index (χ0) is 14.2. The Morgan fingerprint density at radius 1 is 1.35 bits per heavy atom. The zero-order valence-electron chi connectivity index (χ0n) is 10.8. The van der Waals surface area contributed by atoms with E-state index in [-0.39, 0.29) is 4.90 Å². The molecule has 2 aromatic rings. The van der Waals surface area contributed by atoms with E-state index in [1.165, 1.54) is 0 Å². The summed E-state index contributed by atoms with van der Waals surface area (Å²) in [6, 6.07) is 6.80. The molecule has 1 aromatic heterocycles. The number of aliphatic imine (C=N–C) groups is 1. The van der Waals surface area contributed by atoms with Crippen LogP contribution >= 0.6 is 0 Å². The van der Waals surface area contributed by atoms with Crippen molar-refractivity contribution in [2.45, 2.75) is 11.3 Å². The number of hydrogen-bond donors (Lipinski definition) is 1. The third-order valence-corrected chi connectivity index (χ3v) is 4.47. The van der Waals surface area contributed by atoms with Crippen molar-refractivity contribution in [3.63, 3.8) is 0 Å². The van der Waals surface area contributed by atoms with Crippen molar-refractivity contribution in [2.24, 2.45) is 12.0 Å². The van der Waals surface area contributed by atoms with Gasteiger partial charge in [0.2, 0.25) is 0 Å². The van der Waals surface area contributed by atoms with Gasteiger partial charge in [-0.3, -0.25) is 9.71 Å². The molecule has 0 radical (unpaired) electrons. The summed E-state index contributed by atoms with van der Waals surface area (Å²) in [7, 11) is -1.60. The molecule has 0 bridgehead atoms. The first-order chi connectivity index (χ1) is 9.58. The molecule has 0 saturated carbocycles. The summed E-state index contributed by atoms with van der Waals surface area (Å²) in [5, 5.41) is 7.74. The minimum absolute atomic E-state index is 0.275. The Morgan fingerprint density at radius 2 is 2.15 bits per heavy atom. The Balaban J connectivity index is 1.82. The van der Waals surface area contributed by atoms with E-state index in [0.717, 1.165) is 5.82 Å². The second kappa shape index (κ2) is 4.71. The highest BCUT2D eigenvalue weighted by atomic mass is 32.2. The van der Waals surface area contributed by atoms with Crippen molar-refractivity contribution < 1.29 is 8.42 Å². The number of nitrogens with zero attached hydrogens (tertiary/aromatic N) is 4. The van der Waals surface area contributed by atoms with Crippen molar-refractivity contribution in [1.82, 2.24) is 19.5 Å². The number of aryl methyl sites for hydroxylation is 1. The van der Waals surface area contributed by atoms with Crippen LogP contribution in [0.3, 0.4) is 0 Å². The molecule has 2 heterocycles. The van der Waals surface area contributed by atoms with E-state index in [2.05, 4.69) is 19.9 Å². The summed E-state index contributed by atoms with van der Waals surface area (Å²) in [4.78, 5) is 4.60. The predicted octanol–water partition coefficient (Wildman–Crippen LogP) is 0.0963. The van der Waals surface area contributed by atoms with Crippen LogP contribution < -0.4 is 4.72 Å². The number of sulfonamides is 1. The Labute approximate surface area is 116 Å². The van der Waals surface area contributed by atoms with Crippen LogP contribution in [0.1, 0.15) is 11.4 Å². The van der Waals surface area contributed by atoms with Crippen LogP contribution in [0.25, 0.3) is 0 Å². The van der Waals surface area contributed by atoms with Crippen LogP contribution in [-0.2, 0) is 23.5 Å². The first-order valence-electron chi connectivity index (χ1n) is 6.07. The average Bonchev–Trinajstić information content (AvgIpc) is 2.93. The van der Waals surface area contributed by atoms with Gasteiger partial charge in [0.05, 0.1) is 4.90 Å². The Kier molecular flexibility index (Phi) is 3.01. The molecule has 0 unspecified atom stereocenters. The van der Waals surface area contributed by atoms with Gasteiger partial charge in [-0.05, 0) is 12.1 Å². The van der Waals surface area contributed by atoms with E-state index in [0.29, 0.717) is 24.4 Å². The summed E-state index contributed by atoms with van der Waals surface area (Å²) in [6.45, 7) is 0.443. The molecule has 1 aliphatic rings. The Morgan fingerprint density at radius 3 is 2.90 bits per heavy atom. The summed E-state index contributed by atoms with van der Waals surface area (Å²) in [6.07, 6.45) is 2.22. The van der Waals surface area contributed by atoms with E-state index >= 15 is 0 Å². The summed E-state index contributed by atoms with van der Waals surface area (Å²) in [5.41, 5.74) is 0.616. The van der Waals surface area contributed by atoms with E-state index in [9.17, 15) is 8.42 Å². The molecule has 1 N–H and O–H groups in total. The molecular weight excluding hydrogens is 278 g/mol. The average molecular weight is 291 g/mol. The molecule has 7 nitrogen and oxygen atoms in total. The van der Waals surface area contributed by atoms with Crippen LogP contribution in [0.5, 0.6) is 0 Å². The first-order valence-corrected chi connectivity index (χ1v) is 7.56. The number of amidine groups is 1. The number of hydrogen-bond acceptors (Lipinski definition) is 5. The standard InChI is InChI=1S/C12H13N5O2S/c1-17-8-14-15-11(17)6-7-13-12-9-4-2-3-5-10(9)20(18,19)16-12/h2-5,8H,6-7H2,1H3,(H,13,16). The number of benzene rings is 1. The molecule has 1 aromatic carbocycles. The molecular formula is C12H13N5O2S. The molecule has 0 fully saturated rings. The molecule has 20 heavy (non-hydrogen) atoms. The largest absolute Gasteiger partial charge is 0.321 e. The Hall–Kier alpha value is -2.22. The van der Waals surface area contributed by atoms with Crippen molar-refractivity contribution in [3.05, 3.63) is 42.0 Å². The van der Waals surface area contributed by atoms with Crippen molar-refractivity contribution in [1.29, 1.82) is 0 Å². The molecule has 104 valence electrons. The topological polar surface area (TPSA) is 89.2 Å². The highest BCUT2D eigenvalue weighted by molar-refractivity contribution is 7.90. The maximum absolute atomic E-state index is 11.9. The van der Waals surface area contributed by atoms with Gasteiger partial charge < -0.3 is 4.57 Å².